The number of hydrogen-bond donors (Lipinski definition) is 4. The molecule has 0 aliphatic rings. The third kappa shape index (κ3) is 12.3. The number of phenolic OH excluding ortho intramolecular Hbond substituents is 1. The van der Waals surface area contributed by atoms with Gasteiger partial charge in [0, 0.05) is 17.1 Å². The van der Waals surface area contributed by atoms with Gasteiger partial charge in [-0.2, -0.15) is 15.3 Å². The average molecular weight is 894 g/mol. The maximum absolute atomic E-state index is 12.4. The number of fused-ring (bicyclic) bond motifs is 1. The standard InChI is InChI=1S/C34H27N9O14S2.2Na/c1-17-11-21(6-7-23(17)39-37-20-4-2-3-18(12-20)34(47)48)38-41-25-15-27(58(51,52)53)22-14-28(59(54,55)56)32(33(46)30(22)31(25)35)42-40-24-8-5-19(13-26(24)43(49)50)36-29(45)9-10-57-16-44;;/h2-8,11-16,46H,9-10,35H2,1H3,(H,36,45)(H,47,48)(H,51,52,53)(H,54,55,56);;/q;2*+1/p-2. The Kier molecular flexibility index (Phi) is 16.9. The summed E-state index contributed by atoms with van der Waals surface area (Å²) in [6, 6.07) is 14.1. The Bertz CT molecular complexity index is 2900. The van der Waals surface area contributed by atoms with Crippen LogP contribution in [0.4, 0.5) is 51.2 Å². The zero-order valence-corrected chi connectivity index (χ0v) is 37.4. The van der Waals surface area contributed by atoms with E-state index in [4.69, 9.17) is 5.73 Å². The first-order valence-corrected chi connectivity index (χ1v) is 19.0. The van der Waals surface area contributed by atoms with Crippen molar-refractivity contribution in [2.75, 3.05) is 17.7 Å². The summed E-state index contributed by atoms with van der Waals surface area (Å²) in [5.41, 5.74) is 3.70. The molecule has 1 amide bonds. The number of phenols is 1. The third-order valence-electron chi connectivity index (χ3n) is 7.91. The Morgan fingerprint density at radius 2 is 1.46 bits per heavy atom. The van der Waals surface area contributed by atoms with Crippen LogP contribution in [-0.2, 0) is 34.6 Å². The number of rotatable bonds is 15. The van der Waals surface area contributed by atoms with E-state index in [1.807, 2.05) is 0 Å². The minimum Gasteiger partial charge on any atom is -0.744 e. The maximum Gasteiger partial charge on any atom is 1.00 e. The van der Waals surface area contributed by atoms with Crippen LogP contribution in [0.15, 0.2) is 113 Å². The molecule has 5 rings (SSSR count). The molecule has 5 N–H and O–H groups in total. The number of nitrogens with two attached hydrogens (primary N) is 1. The van der Waals surface area contributed by atoms with Gasteiger partial charge in [-0.05, 0) is 73.2 Å². The molecule has 0 radical (unpaired) electrons. The number of carboxylic acid groups (broad SMARTS) is 1. The second-order valence-corrected chi connectivity index (χ2v) is 14.6. The van der Waals surface area contributed by atoms with Crippen molar-refractivity contribution in [3.05, 3.63) is 94.0 Å². The molecule has 0 spiro atoms. The van der Waals surface area contributed by atoms with Crippen molar-refractivity contribution in [2.24, 2.45) is 30.7 Å². The van der Waals surface area contributed by atoms with Gasteiger partial charge in [0.25, 0.3) is 12.2 Å². The van der Waals surface area contributed by atoms with Crippen molar-refractivity contribution in [2.45, 2.75) is 23.1 Å². The normalized spacial score (nSPS) is 11.7. The van der Waals surface area contributed by atoms with E-state index in [1.165, 1.54) is 42.5 Å². The minimum absolute atomic E-state index is 0. The molecule has 27 heteroatoms. The summed E-state index contributed by atoms with van der Waals surface area (Å²) in [4.78, 5) is 41.9. The van der Waals surface area contributed by atoms with Crippen LogP contribution in [0.2, 0.25) is 0 Å². The average Bonchev–Trinajstić information content (AvgIpc) is 3.16. The number of benzene rings is 5. The summed E-state index contributed by atoms with van der Waals surface area (Å²) in [7, 11) is -11.2. The molecule has 61 heavy (non-hydrogen) atoms. The minimum atomic E-state index is -5.67. The number of carbonyl (C=O) groups excluding carboxylic acids is 2. The maximum atomic E-state index is 12.4. The Balaban J connectivity index is 0.00000496. The number of nitro benzene ring substituents is 1. The van der Waals surface area contributed by atoms with Gasteiger partial charge in [0.15, 0.2) is 11.4 Å². The fourth-order valence-electron chi connectivity index (χ4n) is 5.18. The van der Waals surface area contributed by atoms with E-state index in [0.717, 1.165) is 18.2 Å². The number of carboxylic acids is 1. The zero-order valence-electron chi connectivity index (χ0n) is 31.7. The van der Waals surface area contributed by atoms with Crippen molar-refractivity contribution in [1.29, 1.82) is 0 Å². The summed E-state index contributed by atoms with van der Waals surface area (Å²) in [6.45, 7) is 1.47. The summed E-state index contributed by atoms with van der Waals surface area (Å²) in [6.07, 6.45) is -0.292. The number of nitrogens with zero attached hydrogens (tertiary/aromatic N) is 7. The molecule has 0 aliphatic carbocycles. The molecule has 0 saturated carbocycles. The van der Waals surface area contributed by atoms with Crippen LogP contribution in [0.1, 0.15) is 22.3 Å². The third-order valence-corrected chi connectivity index (χ3v) is 9.63. The van der Waals surface area contributed by atoms with E-state index < -0.39 is 91.8 Å². The fourth-order valence-corrected chi connectivity index (χ4v) is 6.51. The van der Waals surface area contributed by atoms with Gasteiger partial charge in [-0.15, -0.1) is 15.3 Å². The molecule has 0 saturated heterocycles. The summed E-state index contributed by atoms with van der Waals surface area (Å²) in [5, 5.41) is 56.4. The van der Waals surface area contributed by atoms with E-state index in [2.05, 4.69) is 40.7 Å². The monoisotopic (exact) mass is 893 g/mol. The number of nitro groups is 1. The Morgan fingerprint density at radius 1 is 0.836 bits per heavy atom. The molecule has 0 unspecified atom stereocenters. The number of aryl methyl sites for hydroxylation is 1. The van der Waals surface area contributed by atoms with E-state index in [0.29, 0.717) is 23.4 Å². The summed E-state index contributed by atoms with van der Waals surface area (Å²) in [5.74, 6) is -3.13. The molecular weight excluding hydrogens is 869 g/mol. The molecule has 23 nitrogen and oxygen atoms in total. The second kappa shape index (κ2) is 20.8. The molecule has 0 aliphatic heterocycles. The van der Waals surface area contributed by atoms with Crippen molar-refractivity contribution < 1.29 is 119 Å². The Hall–Kier alpha value is -5.61. The molecule has 0 bridgehead atoms. The number of azo groups is 3. The number of aromatic hydroxyl groups is 1. The molecule has 304 valence electrons. The van der Waals surface area contributed by atoms with Crippen LogP contribution in [-0.4, -0.2) is 66.0 Å². The van der Waals surface area contributed by atoms with Crippen LogP contribution >= 0.6 is 0 Å². The largest absolute Gasteiger partial charge is 1.00 e. The topological polar surface area (TPSA) is 371 Å². The molecule has 5 aromatic rings. The molecule has 0 heterocycles. The van der Waals surface area contributed by atoms with Crippen LogP contribution in [0.25, 0.3) is 10.8 Å². The number of ether oxygens (including phenoxy) is 1. The van der Waals surface area contributed by atoms with Crippen molar-refractivity contribution >= 4 is 101 Å². The van der Waals surface area contributed by atoms with Gasteiger partial charge >= 0.3 is 65.1 Å². The van der Waals surface area contributed by atoms with Crippen LogP contribution in [0.5, 0.6) is 5.75 Å². The van der Waals surface area contributed by atoms with E-state index in [9.17, 15) is 60.7 Å². The fraction of sp³-hybridized carbons (Fsp3) is 0.0882. The molecule has 0 aromatic heterocycles. The molecule has 5 aromatic carbocycles. The molecule has 0 atom stereocenters. The van der Waals surface area contributed by atoms with E-state index in [-0.39, 0.29) is 101 Å². The van der Waals surface area contributed by atoms with Crippen molar-refractivity contribution in [1.82, 2.24) is 0 Å². The van der Waals surface area contributed by atoms with Gasteiger partial charge < -0.3 is 35.1 Å². The van der Waals surface area contributed by atoms with Gasteiger partial charge in [-0.25, -0.2) is 21.6 Å². The number of anilines is 2. The summed E-state index contributed by atoms with van der Waals surface area (Å²) >= 11 is 0. The Morgan fingerprint density at radius 3 is 2.07 bits per heavy atom. The number of hydrogen-bond acceptors (Lipinski definition) is 20. The van der Waals surface area contributed by atoms with Gasteiger partial charge in [-0.3, -0.25) is 19.7 Å². The number of nitrogen functional groups attached to an aromatic ring is 1. The van der Waals surface area contributed by atoms with E-state index in [1.54, 1.807) is 6.92 Å². The number of carbonyl (C=O) groups is 3. The zero-order chi connectivity index (χ0) is 43.2. The van der Waals surface area contributed by atoms with Crippen LogP contribution in [0.3, 0.4) is 0 Å². The van der Waals surface area contributed by atoms with Crippen molar-refractivity contribution in [3.63, 3.8) is 0 Å². The molecule has 0 fully saturated rings. The van der Waals surface area contributed by atoms with Crippen LogP contribution in [0, 0.1) is 17.0 Å². The predicted molar refractivity (Wildman–Crippen MR) is 201 cm³/mol. The quantitative estimate of drug-likeness (QED) is 0.0163. The van der Waals surface area contributed by atoms with Crippen LogP contribution < -0.4 is 70.2 Å². The first-order valence-electron chi connectivity index (χ1n) is 16.1. The van der Waals surface area contributed by atoms with Gasteiger partial charge in [0.2, 0.25) is 5.91 Å². The predicted octanol–water partition coefficient (Wildman–Crippen LogP) is 0.606. The number of aromatic carboxylic acids is 1. The first kappa shape index (κ1) is 49.8. The van der Waals surface area contributed by atoms with Gasteiger partial charge in [0.1, 0.15) is 31.6 Å². The van der Waals surface area contributed by atoms with E-state index >= 15 is 0 Å². The summed E-state index contributed by atoms with van der Waals surface area (Å²) < 4.78 is 78.9. The smallest absolute Gasteiger partial charge is 0.744 e. The van der Waals surface area contributed by atoms with Gasteiger partial charge in [-0.1, -0.05) is 6.07 Å². The first-order chi connectivity index (χ1) is 27.8. The second-order valence-electron chi connectivity index (χ2n) is 11.9. The number of nitrogens with one attached hydrogen (secondary N) is 1. The van der Waals surface area contributed by atoms with Crippen molar-refractivity contribution in [3.8, 4) is 5.75 Å². The SMILES string of the molecule is Cc1cc(N=Nc2cc(S(=O)(=O)[O-])c3cc(S(=O)(=O)[O-])c(N=Nc4ccc(NC(=O)CCOC=O)cc4[N+](=O)[O-])c(O)c3c2N)ccc1N=Nc1cccc(C(=O)O)c1.[Na+].[Na+]. The van der Waals surface area contributed by atoms with Gasteiger partial charge in [0.05, 0.1) is 61.4 Å². The number of amides is 1. The Labute approximate surface area is 388 Å². The molecular formula is C34H25N9Na2O14S2.